The molecule has 0 unspecified atom stereocenters. The van der Waals surface area contributed by atoms with Crippen LogP contribution in [0.4, 0.5) is 0 Å². The minimum atomic E-state index is -0.478. The molecule has 3 aromatic carbocycles. The fraction of sp³-hybridized carbons (Fsp3) is 0.174. The van der Waals surface area contributed by atoms with Gasteiger partial charge in [0, 0.05) is 21.7 Å². The van der Waals surface area contributed by atoms with Crippen molar-refractivity contribution in [2.24, 2.45) is 0 Å². The molecule has 5 nitrogen and oxygen atoms in total. The van der Waals surface area contributed by atoms with Crippen molar-refractivity contribution in [3.8, 4) is 22.6 Å². The zero-order chi connectivity index (χ0) is 20.1. The highest BCUT2D eigenvalue weighted by molar-refractivity contribution is 6.30. The zero-order valence-electron chi connectivity index (χ0n) is 15.6. The van der Waals surface area contributed by atoms with Crippen LogP contribution < -0.4 is 9.47 Å². The Hall–Kier alpha value is -3.02. The molecule has 1 aliphatic rings. The maximum Gasteiger partial charge on any atom is 0.344 e. The molecule has 0 bridgehead atoms. The molecule has 3 aromatic rings. The Morgan fingerprint density at radius 3 is 2.69 bits per heavy atom. The molecular weight excluding hydrogens is 392 g/mol. The predicted molar refractivity (Wildman–Crippen MR) is 109 cm³/mol. The fourth-order valence-corrected chi connectivity index (χ4v) is 3.41. The van der Waals surface area contributed by atoms with Crippen LogP contribution in [0.15, 0.2) is 66.7 Å². The number of hydrogen-bond donors (Lipinski definition) is 0. The van der Waals surface area contributed by atoms with Gasteiger partial charge < -0.3 is 18.9 Å². The third-order valence-corrected chi connectivity index (χ3v) is 4.68. The Labute approximate surface area is 173 Å². The number of halogens is 1. The van der Waals surface area contributed by atoms with E-state index in [9.17, 15) is 4.79 Å². The summed E-state index contributed by atoms with van der Waals surface area (Å²) in [5, 5.41) is 0.539. The third-order valence-electron chi connectivity index (χ3n) is 4.46. The van der Waals surface area contributed by atoms with E-state index in [1.54, 1.807) is 12.1 Å². The van der Waals surface area contributed by atoms with Crippen molar-refractivity contribution in [1.82, 2.24) is 0 Å². The van der Waals surface area contributed by atoms with Gasteiger partial charge in [0.1, 0.15) is 18.1 Å². The predicted octanol–water partition coefficient (Wildman–Crippen LogP) is 5.00. The van der Waals surface area contributed by atoms with E-state index < -0.39 is 5.97 Å². The van der Waals surface area contributed by atoms with Crippen molar-refractivity contribution in [2.75, 3.05) is 13.4 Å². The summed E-state index contributed by atoms with van der Waals surface area (Å²) in [4.78, 5) is 12.2. The van der Waals surface area contributed by atoms with Gasteiger partial charge in [0.25, 0.3) is 0 Å². The molecule has 1 aliphatic heterocycles. The molecule has 0 atom stereocenters. The molecule has 6 heteroatoms. The Bertz CT molecular complexity index is 1000. The van der Waals surface area contributed by atoms with Gasteiger partial charge in [-0.2, -0.15) is 0 Å². The second-order valence-electron chi connectivity index (χ2n) is 6.48. The Morgan fingerprint density at radius 1 is 1.03 bits per heavy atom. The molecule has 0 aromatic heterocycles. The second-order valence-corrected chi connectivity index (χ2v) is 6.91. The number of carbonyl (C=O) groups excluding carboxylic acids is 1. The van der Waals surface area contributed by atoms with Gasteiger partial charge in [-0.05, 0) is 23.8 Å². The maximum absolute atomic E-state index is 12.2. The van der Waals surface area contributed by atoms with Gasteiger partial charge >= 0.3 is 5.97 Å². The highest BCUT2D eigenvalue weighted by Crippen LogP contribution is 2.32. The molecule has 148 valence electrons. The summed E-state index contributed by atoms with van der Waals surface area (Å²) in [7, 11) is 0. The first-order chi connectivity index (χ1) is 14.2. The number of fused-ring (bicyclic) bond motifs is 1. The van der Waals surface area contributed by atoms with Crippen LogP contribution in [0, 0.1) is 0 Å². The normalized spacial score (nSPS) is 12.6. The lowest BCUT2D eigenvalue weighted by Crippen LogP contribution is -2.17. The van der Waals surface area contributed by atoms with E-state index in [0.717, 1.165) is 16.7 Å². The number of benzene rings is 3. The molecule has 0 N–H and O–H groups in total. The lowest BCUT2D eigenvalue weighted by molar-refractivity contribution is -0.147. The van der Waals surface area contributed by atoms with Gasteiger partial charge in [-0.15, -0.1) is 0 Å². The molecule has 0 fully saturated rings. The molecule has 0 saturated heterocycles. The molecule has 1 heterocycles. The van der Waals surface area contributed by atoms with Gasteiger partial charge in [0.05, 0.1) is 6.61 Å². The summed E-state index contributed by atoms with van der Waals surface area (Å²) < 4.78 is 21.9. The number of ether oxygens (including phenoxy) is 4. The van der Waals surface area contributed by atoms with Crippen LogP contribution in [0.1, 0.15) is 11.1 Å². The molecular formula is C23H19ClO5. The third kappa shape index (κ3) is 4.70. The van der Waals surface area contributed by atoms with E-state index >= 15 is 0 Å². The van der Waals surface area contributed by atoms with E-state index in [4.69, 9.17) is 30.5 Å². The fourth-order valence-electron chi connectivity index (χ4n) is 3.15. The van der Waals surface area contributed by atoms with Gasteiger partial charge in [0.2, 0.25) is 0 Å². The standard InChI is InChI=1S/C23H19ClO5/c24-19-10-17-12-26-15-29-23(17)18(11-19)13-28-22(25)14-27-21-9-5-4-8-20(21)16-6-2-1-3-7-16/h1-11H,12-15H2. The monoisotopic (exact) mass is 410 g/mol. The lowest BCUT2D eigenvalue weighted by Gasteiger charge is -2.21. The molecule has 0 radical (unpaired) electrons. The largest absolute Gasteiger partial charge is 0.481 e. The molecule has 0 aliphatic carbocycles. The molecule has 29 heavy (non-hydrogen) atoms. The lowest BCUT2D eigenvalue weighted by atomic mass is 10.1. The van der Waals surface area contributed by atoms with Crippen LogP contribution in [0.25, 0.3) is 11.1 Å². The van der Waals surface area contributed by atoms with Crippen molar-refractivity contribution < 1.29 is 23.7 Å². The van der Waals surface area contributed by atoms with E-state index in [-0.39, 0.29) is 20.0 Å². The van der Waals surface area contributed by atoms with Crippen molar-refractivity contribution in [2.45, 2.75) is 13.2 Å². The average molecular weight is 411 g/mol. The first-order valence-corrected chi connectivity index (χ1v) is 9.53. The van der Waals surface area contributed by atoms with Crippen molar-refractivity contribution in [1.29, 1.82) is 0 Å². The quantitative estimate of drug-likeness (QED) is 0.535. The molecule has 0 saturated carbocycles. The summed E-state index contributed by atoms with van der Waals surface area (Å²) in [5.74, 6) is 0.800. The Kier molecular flexibility index (Phi) is 5.98. The summed E-state index contributed by atoms with van der Waals surface area (Å²) >= 11 is 6.14. The van der Waals surface area contributed by atoms with E-state index in [1.165, 1.54) is 0 Å². The van der Waals surface area contributed by atoms with Crippen LogP contribution in [-0.2, 0) is 27.5 Å². The average Bonchev–Trinajstić information content (AvgIpc) is 2.76. The number of para-hydroxylation sites is 1. The van der Waals surface area contributed by atoms with E-state index in [2.05, 4.69) is 0 Å². The number of carbonyl (C=O) groups is 1. The van der Waals surface area contributed by atoms with Gasteiger partial charge in [-0.3, -0.25) is 0 Å². The first-order valence-electron chi connectivity index (χ1n) is 9.15. The zero-order valence-corrected chi connectivity index (χ0v) is 16.4. The minimum absolute atomic E-state index is 0.0470. The molecule has 0 spiro atoms. The van der Waals surface area contributed by atoms with Crippen LogP contribution in [0.3, 0.4) is 0 Å². The van der Waals surface area contributed by atoms with Crippen LogP contribution >= 0.6 is 11.6 Å². The van der Waals surface area contributed by atoms with E-state index in [0.29, 0.717) is 28.7 Å². The molecule has 4 rings (SSSR count). The smallest absolute Gasteiger partial charge is 0.344 e. The van der Waals surface area contributed by atoms with Gasteiger partial charge in [0.15, 0.2) is 13.4 Å². The topological polar surface area (TPSA) is 54.0 Å². The van der Waals surface area contributed by atoms with Crippen LogP contribution in [-0.4, -0.2) is 19.4 Å². The maximum atomic E-state index is 12.2. The van der Waals surface area contributed by atoms with Gasteiger partial charge in [-0.1, -0.05) is 60.1 Å². The first kappa shape index (κ1) is 19.3. The summed E-state index contributed by atoms with van der Waals surface area (Å²) in [5.41, 5.74) is 3.47. The Morgan fingerprint density at radius 2 is 1.83 bits per heavy atom. The highest BCUT2D eigenvalue weighted by atomic mass is 35.5. The van der Waals surface area contributed by atoms with Crippen molar-refractivity contribution >= 4 is 17.6 Å². The Balaban J connectivity index is 1.39. The van der Waals surface area contributed by atoms with E-state index in [1.807, 2.05) is 54.6 Å². The summed E-state index contributed by atoms with van der Waals surface area (Å²) in [6.45, 7) is 0.424. The number of rotatable bonds is 6. The van der Waals surface area contributed by atoms with Gasteiger partial charge in [-0.25, -0.2) is 4.79 Å². The molecule has 0 amide bonds. The van der Waals surface area contributed by atoms with Crippen molar-refractivity contribution in [3.05, 3.63) is 82.9 Å². The van der Waals surface area contributed by atoms with Crippen molar-refractivity contribution in [3.63, 3.8) is 0 Å². The summed E-state index contributed by atoms with van der Waals surface area (Å²) in [6, 6.07) is 20.9. The van der Waals surface area contributed by atoms with Crippen LogP contribution in [0.5, 0.6) is 11.5 Å². The minimum Gasteiger partial charge on any atom is -0.481 e. The second kappa shape index (κ2) is 8.99. The number of hydrogen-bond acceptors (Lipinski definition) is 5. The SMILES string of the molecule is O=C(COc1ccccc1-c1ccccc1)OCc1cc(Cl)cc2c1OCOC2. The summed E-state index contributed by atoms with van der Waals surface area (Å²) in [6.07, 6.45) is 0. The number of esters is 1. The van der Waals surface area contributed by atoms with Crippen LogP contribution in [0.2, 0.25) is 5.02 Å². The highest BCUT2D eigenvalue weighted by Gasteiger charge is 2.18.